The zero-order chi connectivity index (χ0) is 14.0. The van der Waals surface area contributed by atoms with E-state index in [2.05, 4.69) is 15.8 Å². The van der Waals surface area contributed by atoms with Crippen LogP contribution in [0.25, 0.3) is 0 Å². The van der Waals surface area contributed by atoms with Crippen LogP contribution < -0.4 is 10.6 Å². The van der Waals surface area contributed by atoms with Crippen LogP contribution in [0.5, 0.6) is 0 Å². The van der Waals surface area contributed by atoms with E-state index in [-0.39, 0.29) is 17.5 Å². The van der Waals surface area contributed by atoms with Gasteiger partial charge in [0.1, 0.15) is 5.76 Å². The van der Waals surface area contributed by atoms with Crippen molar-refractivity contribution in [2.75, 3.05) is 5.32 Å². The molecule has 1 aliphatic rings. The lowest BCUT2D eigenvalue weighted by Crippen LogP contribution is -2.42. The fourth-order valence-electron chi connectivity index (χ4n) is 2.12. The molecule has 1 aromatic heterocycles. The zero-order valence-corrected chi connectivity index (χ0v) is 11.6. The minimum absolute atomic E-state index is 0.148. The van der Waals surface area contributed by atoms with E-state index in [1.165, 1.54) is 0 Å². The molecule has 106 valence electrons. The van der Waals surface area contributed by atoms with E-state index in [1.54, 1.807) is 6.07 Å². The predicted octanol–water partition coefficient (Wildman–Crippen LogP) is 2.01. The van der Waals surface area contributed by atoms with Gasteiger partial charge in [-0.2, -0.15) is 0 Å². The first-order chi connectivity index (χ1) is 8.86. The molecule has 2 atom stereocenters. The van der Waals surface area contributed by atoms with Crippen molar-refractivity contribution in [2.24, 2.45) is 0 Å². The van der Waals surface area contributed by atoms with Gasteiger partial charge in [0.05, 0.1) is 12.1 Å². The molecule has 6 nitrogen and oxygen atoms in total. The van der Waals surface area contributed by atoms with E-state index in [1.807, 2.05) is 20.8 Å². The summed E-state index contributed by atoms with van der Waals surface area (Å²) in [6.45, 7) is 6.02. The number of hydrogen-bond donors (Lipinski definition) is 3. The van der Waals surface area contributed by atoms with Gasteiger partial charge in [-0.05, 0) is 19.3 Å². The summed E-state index contributed by atoms with van der Waals surface area (Å²) in [5, 5.41) is 18.8. The number of aliphatic hydroxyl groups excluding tert-OH is 1. The fraction of sp³-hybridized carbons (Fsp3) is 0.692. The molecule has 0 saturated heterocycles. The van der Waals surface area contributed by atoms with Crippen molar-refractivity contribution < 1.29 is 14.4 Å². The first-order valence-corrected chi connectivity index (χ1v) is 6.59. The van der Waals surface area contributed by atoms with Crippen molar-refractivity contribution in [3.05, 3.63) is 11.8 Å². The number of carbonyl (C=O) groups is 1. The van der Waals surface area contributed by atoms with Crippen LogP contribution in [0.4, 0.5) is 10.6 Å². The minimum Gasteiger partial charge on any atom is -0.391 e. The van der Waals surface area contributed by atoms with Crippen LogP contribution in [0.1, 0.15) is 45.8 Å². The third kappa shape index (κ3) is 3.47. The maximum Gasteiger partial charge on any atom is 0.320 e. The summed E-state index contributed by atoms with van der Waals surface area (Å²) in [6.07, 6.45) is 2.03. The molecule has 19 heavy (non-hydrogen) atoms. The van der Waals surface area contributed by atoms with Crippen LogP contribution in [0.15, 0.2) is 10.6 Å². The Labute approximate surface area is 112 Å². The molecule has 0 radical (unpaired) electrons. The van der Waals surface area contributed by atoms with Crippen LogP contribution in [0, 0.1) is 0 Å². The van der Waals surface area contributed by atoms with Crippen molar-refractivity contribution in [3.63, 3.8) is 0 Å². The molecule has 3 N–H and O–H groups in total. The molecule has 1 saturated carbocycles. The molecule has 6 heteroatoms. The van der Waals surface area contributed by atoms with E-state index in [0.29, 0.717) is 11.6 Å². The molecule has 0 unspecified atom stereocenters. The highest BCUT2D eigenvalue weighted by Crippen LogP contribution is 2.24. The van der Waals surface area contributed by atoms with Crippen molar-refractivity contribution in [3.8, 4) is 0 Å². The normalized spacial score (nSPS) is 23.4. The van der Waals surface area contributed by atoms with Crippen LogP contribution in [0.3, 0.4) is 0 Å². The molecular formula is C13H21N3O3. The number of carbonyl (C=O) groups excluding carboxylic acids is 1. The topological polar surface area (TPSA) is 87.4 Å². The SMILES string of the molecule is CC(C)(C)c1cc(NC(=O)N[C@H]2CCC[C@@H]2O)no1. The Kier molecular flexibility index (Phi) is 3.80. The van der Waals surface area contributed by atoms with Crippen LogP contribution in [0.2, 0.25) is 0 Å². The second kappa shape index (κ2) is 5.21. The van der Waals surface area contributed by atoms with Gasteiger partial charge in [0.2, 0.25) is 0 Å². The molecule has 0 spiro atoms. The molecule has 0 bridgehead atoms. The van der Waals surface area contributed by atoms with Crippen molar-refractivity contribution in [1.82, 2.24) is 10.5 Å². The molecule has 1 heterocycles. The van der Waals surface area contributed by atoms with Gasteiger partial charge in [0.25, 0.3) is 0 Å². The standard InChI is InChI=1S/C13H21N3O3/c1-13(2,3)10-7-11(16-19-10)15-12(18)14-8-5-4-6-9(8)17/h7-9,17H,4-6H2,1-3H3,(H2,14,15,16,18)/t8-,9-/m0/s1. The highest BCUT2D eigenvalue weighted by atomic mass is 16.5. The Morgan fingerprint density at radius 1 is 1.47 bits per heavy atom. The Morgan fingerprint density at radius 2 is 2.21 bits per heavy atom. The summed E-state index contributed by atoms with van der Waals surface area (Å²) in [7, 11) is 0. The van der Waals surface area contributed by atoms with Crippen LogP contribution in [-0.4, -0.2) is 28.4 Å². The third-order valence-electron chi connectivity index (χ3n) is 3.29. The van der Waals surface area contributed by atoms with E-state index >= 15 is 0 Å². The van der Waals surface area contributed by atoms with Crippen molar-refractivity contribution >= 4 is 11.8 Å². The van der Waals surface area contributed by atoms with E-state index in [0.717, 1.165) is 19.3 Å². The Hall–Kier alpha value is -1.56. The first-order valence-electron chi connectivity index (χ1n) is 6.59. The molecule has 0 aliphatic heterocycles. The monoisotopic (exact) mass is 267 g/mol. The van der Waals surface area contributed by atoms with Gasteiger partial charge in [0, 0.05) is 11.5 Å². The Bertz CT molecular complexity index is 450. The average molecular weight is 267 g/mol. The lowest BCUT2D eigenvalue weighted by Gasteiger charge is -2.16. The summed E-state index contributed by atoms with van der Waals surface area (Å²) in [5.74, 6) is 1.10. The van der Waals surface area contributed by atoms with Gasteiger partial charge in [0.15, 0.2) is 5.82 Å². The molecule has 1 aliphatic carbocycles. The maximum absolute atomic E-state index is 11.8. The number of aliphatic hydroxyl groups is 1. The van der Waals surface area contributed by atoms with Crippen LogP contribution >= 0.6 is 0 Å². The van der Waals surface area contributed by atoms with E-state index in [9.17, 15) is 9.90 Å². The number of hydrogen-bond acceptors (Lipinski definition) is 4. The molecular weight excluding hydrogens is 246 g/mol. The lowest BCUT2D eigenvalue weighted by molar-refractivity contribution is 0.151. The largest absolute Gasteiger partial charge is 0.391 e. The average Bonchev–Trinajstić information content (AvgIpc) is 2.88. The predicted molar refractivity (Wildman–Crippen MR) is 71.0 cm³/mol. The molecule has 1 aromatic rings. The summed E-state index contributed by atoms with van der Waals surface area (Å²) < 4.78 is 5.18. The highest BCUT2D eigenvalue weighted by Gasteiger charge is 2.27. The number of amides is 2. The third-order valence-corrected chi connectivity index (χ3v) is 3.29. The second-order valence-corrected chi connectivity index (χ2v) is 6.03. The quantitative estimate of drug-likeness (QED) is 0.765. The Balaban J connectivity index is 1.90. The molecule has 0 aromatic carbocycles. The number of anilines is 1. The van der Waals surface area contributed by atoms with Gasteiger partial charge in [-0.25, -0.2) is 4.79 Å². The second-order valence-electron chi connectivity index (χ2n) is 6.03. The molecule has 1 fully saturated rings. The van der Waals surface area contributed by atoms with Gasteiger partial charge in [-0.3, -0.25) is 5.32 Å². The van der Waals surface area contributed by atoms with Crippen LogP contribution in [-0.2, 0) is 5.41 Å². The summed E-state index contributed by atoms with van der Waals surface area (Å²) in [6, 6.07) is 1.18. The van der Waals surface area contributed by atoms with Gasteiger partial charge < -0.3 is 14.9 Å². The smallest absolute Gasteiger partial charge is 0.320 e. The maximum atomic E-state index is 11.8. The van der Waals surface area contributed by atoms with Crippen molar-refractivity contribution in [2.45, 2.75) is 57.6 Å². The number of nitrogens with zero attached hydrogens (tertiary/aromatic N) is 1. The van der Waals surface area contributed by atoms with Gasteiger partial charge in [-0.15, -0.1) is 0 Å². The zero-order valence-electron chi connectivity index (χ0n) is 11.6. The highest BCUT2D eigenvalue weighted by molar-refractivity contribution is 5.88. The number of rotatable bonds is 2. The van der Waals surface area contributed by atoms with Crippen molar-refractivity contribution in [1.29, 1.82) is 0 Å². The lowest BCUT2D eigenvalue weighted by atomic mass is 9.93. The van der Waals surface area contributed by atoms with Gasteiger partial charge in [-0.1, -0.05) is 25.9 Å². The number of urea groups is 1. The van der Waals surface area contributed by atoms with E-state index in [4.69, 9.17) is 4.52 Å². The summed E-state index contributed by atoms with van der Waals surface area (Å²) in [4.78, 5) is 11.8. The van der Waals surface area contributed by atoms with Gasteiger partial charge >= 0.3 is 6.03 Å². The minimum atomic E-state index is -0.451. The molecule has 2 rings (SSSR count). The fourth-order valence-corrected chi connectivity index (χ4v) is 2.12. The number of aromatic nitrogens is 1. The summed E-state index contributed by atoms with van der Waals surface area (Å²) >= 11 is 0. The van der Waals surface area contributed by atoms with E-state index < -0.39 is 6.10 Å². The summed E-state index contributed by atoms with van der Waals surface area (Å²) in [5.41, 5.74) is -0.148. The Morgan fingerprint density at radius 3 is 2.74 bits per heavy atom. The molecule has 2 amide bonds. The number of nitrogens with one attached hydrogen (secondary N) is 2. The first kappa shape index (κ1) is 13.9.